The minimum atomic E-state index is -1.05. The number of carboxylic acid groups (broad SMARTS) is 1. The second kappa shape index (κ2) is 5.95. The second-order valence-corrected chi connectivity index (χ2v) is 4.71. The lowest BCUT2D eigenvalue weighted by Crippen LogP contribution is -1.98. The van der Waals surface area contributed by atoms with E-state index in [9.17, 15) is 9.90 Å². The van der Waals surface area contributed by atoms with Gasteiger partial charge in [0.15, 0.2) is 0 Å². The van der Waals surface area contributed by atoms with Gasteiger partial charge in [-0.05, 0) is 29.8 Å². The molecule has 2 rings (SSSR count). The first-order chi connectivity index (χ1) is 9.20. The molecule has 0 aliphatic carbocycles. The topological polar surface area (TPSA) is 86.1 Å². The molecule has 0 heterocycles. The fourth-order valence-corrected chi connectivity index (χ4v) is 2.44. The van der Waals surface area contributed by atoms with E-state index in [0.717, 1.165) is 4.90 Å². The summed E-state index contributed by atoms with van der Waals surface area (Å²) in [7, 11) is 0. The van der Waals surface area contributed by atoms with Crippen molar-refractivity contribution in [3.05, 3.63) is 64.5 Å². The molecule has 0 aromatic heterocycles. The van der Waals surface area contributed by atoms with Gasteiger partial charge < -0.3 is 5.11 Å². The quantitative estimate of drug-likeness (QED) is 0.505. The Labute approximate surface area is 113 Å². The van der Waals surface area contributed by atoms with Crippen LogP contribution in [0.5, 0.6) is 0 Å². The van der Waals surface area contributed by atoms with Crippen LogP contribution in [0.4, 0.5) is 5.69 Å². The molecule has 6 heteroatoms. The number of rotatable bonds is 4. The third-order valence-corrected chi connectivity index (χ3v) is 3.41. The number of azide groups is 1. The predicted molar refractivity (Wildman–Crippen MR) is 72.8 cm³/mol. The zero-order chi connectivity index (χ0) is 13.7. The average molecular weight is 271 g/mol. The Hall–Kier alpha value is -2.43. The summed E-state index contributed by atoms with van der Waals surface area (Å²) in [5.74, 6) is -1.05. The molecule has 0 spiro atoms. The molecule has 5 nitrogen and oxygen atoms in total. The standard InChI is InChI=1S/C13H9N3O2S/c14-16-15-9-6-7-12(11(8-9)13(17)18)19-10-4-2-1-3-5-10/h1-8H,(H,17,18). The fourth-order valence-electron chi connectivity index (χ4n) is 1.50. The highest BCUT2D eigenvalue weighted by Gasteiger charge is 2.11. The van der Waals surface area contributed by atoms with Gasteiger partial charge in [-0.2, -0.15) is 0 Å². The highest BCUT2D eigenvalue weighted by Crippen LogP contribution is 2.32. The average Bonchev–Trinajstić information content (AvgIpc) is 2.42. The second-order valence-electron chi connectivity index (χ2n) is 3.59. The predicted octanol–water partition coefficient (Wildman–Crippen LogP) is 4.48. The smallest absolute Gasteiger partial charge is 0.336 e. The highest BCUT2D eigenvalue weighted by molar-refractivity contribution is 7.99. The Morgan fingerprint density at radius 3 is 2.58 bits per heavy atom. The number of carbonyl (C=O) groups is 1. The van der Waals surface area contributed by atoms with Crippen molar-refractivity contribution in [2.75, 3.05) is 0 Å². The van der Waals surface area contributed by atoms with Crippen LogP contribution in [0.3, 0.4) is 0 Å². The van der Waals surface area contributed by atoms with Gasteiger partial charge in [0, 0.05) is 20.4 Å². The van der Waals surface area contributed by atoms with Crippen LogP contribution in [-0.2, 0) is 0 Å². The molecule has 94 valence electrons. The minimum absolute atomic E-state index is 0.124. The van der Waals surface area contributed by atoms with Gasteiger partial charge in [-0.3, -0.25) is 0 Å². The van der Waals surface area contributed by atoms with Crippen LogP contribution >= 0.6 is 11.8 Å². The molecule has 0 unspecified atom stereocenters. The molecule has 0 atom stereocenters. The van der Waals surface area contributed by atoms with Crippen molar-refractivity contribution in [2.24, 2.45) is 5.11 Å². The van der Waals surface area contributed by atoms with Gasteiger partial charge in [0.2, 0.25) is 0 Å². The van der Waals surface area contributed by atoms with Crippen molar-refractivity contribution in [1.82, 2.24) is 0 Å². The van der Waals surface area contributed by atoms with Crippen LogP contribution < -0.4 is 0 Å². The third kappa shape index (κ3) is 3.28. The van der Waals surface area contributed by atoms with Crippen LogP contribution in [-0.4, -0.2) is 11.1 Å². The maximum Gasteiger partial charge on any atom is 0.336 e. The molecule has 0 fully saturated rings. The molecule has 2 aromatic carbocycles. The van der Waals surface area contributed by atoms with Crippen LogP contribution in [0.1, 0.15) is 10.4 Å². The van der Waals surface area contributed by atoms with Crippen LogP contribution in [0.15, 0.2) is 63.4 Å². The minimum Gasteiger partial charge on any atom is -0.478 e. The zero-order valence-corrected chi connectivity index (χ0v) is 10.5. The zero-order valence-electron chi connectivity index (χ0n) is 9.72. The molecule has 2 aromatic rings. The Morgan fingerprint density at radius 2 is 1.95 bits per heavy atom. The molecule has 0 aliphatic rings. The molecule has 0 bridgehead atoms. The number of benzene rings is 2. The number of carboxylic acids is 1. The Morgan fingerprint density at radius 1 is 1.21 bits per heavy atom. The molecule has 0 saturated carbocycles. The molecule has 0 aliphatic heterocycles. The Kier molecular flexibility index (Phi) is 4.07. The van der Waals surface area contributed by atoms with E-state index in [4.69, 9.17) is 5.53 Å². The number of hydrogen-bond acceptors (Lipinski definition) is 3. The van der Waals surface area contributed by atoms with Crippen LogP contribution in [0.25, 0.3) is 10.4 Å². The summed E-state index contributed by atoms with van der Waals surface area (Å²) in [6.07, 6.45) is 0. The first-order valence-electron chi connectivity index (χ1n) is 5.36. The molecular weight excluding hydrogens is 262 g/mol. The molecular formula is C13H9N3O2S. The summed E-state index contributed by atoms with van der Waals surface area (Å²) in [6.45, 7) is 0. The van der Waals surface area contributed by atoms with Gasteiger partial charge in [-0.1, -0.05) is 41.1 Å². The number of aromatic carboxylic acids is 1. The molecule has 1 N–H and O–H groups in total. The van der Waals surface area contributed by atoms with Gasteiger partial charge in [0.25, 0.3) is 0 Å². The van der Waals surface area contributed by atoms with E-state index in [2.05, 4.69) is 10.0 Å². The maximum absolute atomic E-state index is 11.2. The van der Waals surface area contributed by atoms with E-state index in [1.165, 1.54) is 17.8 Å². The summed E-state index contributed by atoms with van der Waals surface area (Å²) < 4.78 is 0. The normalized spacial score (nSPS) is 9.68. The van der Waals surface area contributed by atoms with E-state index < -0.39 is 5.97 Å². The van der Waals surface area contributed by atoms with Gasteiger partial charge in [-0.25, -0.2) is 4.79 Å². The van der Waals surface area contributed by atoms with E-state index in [0.29, 0.717) is 4.90 Å². The third-order valence-electron chi connectivity index (χ3n) is 2.32. The Bertz CT molecular complexity index is 652. The van der Waals surface area contributed by atoms with Crippen LogP contribution in [0, 0.1) is 0 Å². The SMILES string of the molecule is [N-]=[N+]=Nc1ccc(Sc2ccccc2)c(C(=O)O)c1. The summed E-state index contributed by atoms with van der Waals surface area (Å²) in [6, 6.07) is 14.1. The fraction of sp³-hybridized carbons (Fsp3) is 0. The van der Waals surface area contributed by atoms with E-state index in [1.54, 1.807) is 12.1 Å². The monoisotopic (exact) mass is 271 g/mol. The number of hydrogen-bond donors (Lipinski definition) is 1. The van der Waals surface area contributed by atoms with E-state index in [1.807, 2.05) is 30.3 Å². The summed E-state index contributed by atoms with van der Waals surface area (Å²) >= 11 is 1.35. The lowest BCUT2D eigenvalue weighted by molar-refractivity contribution is 0.0693. The van der Waals surface area contributed by atoms with Crippen molar-refractivity contribution < 1.29 is 9.90 Å². The van der Waals surface area contributed by atoms with Crippen molar-refractivity contribution in [1.29, 1.82) is 0 Å². The largest absolute Gasteiger partial charge is 0.478 e. The first-order valence-corrected chi connectivity index (χ1v) is 6.17. The molecule has 0 saturated heterocycles. The van der Waals surface area contributed by atoms with Crippen molar-refractivity contribution >= 4 is 23.4 Å². The Balaban J connectivity index is 2.40. The van der Waals surface area contributed by atoms with Crippen molar-refractivity contribution in [2.45, 2.75) is 9.79 Å². The van der Waals surface area contributed by atoms with E-state index >= 15 is 0 Å². The molecule has 19 heavy (non-hydrogen) atoms. The maximum atomic E-state index is 11.2. The van der Waals surface area contributed by atoms with Crippen molar-refractivity contribution in [3.63, 3.8) is 0 Å². The first kappa shape index (κ1) is 13.0. The lowest BCUT2D eigenvalue weighted by atomic mass is 10.2. The van der Waals surface area contributed by atoms with Gasteiger partial charge in [-0.15, -0.1) is 0 Å². The summed E-state index contributed by atoms with van der Waals surface area (Å²) in [4.78, 5) is 15.4. The van der Waals surface area contributed by atoms with Gasteiger partial charge >= 0.3 is 5.97 Å². The van der Waals surface area contributed by atoms with Gasteiger partial charge in [0.1, 0.15) is 0 Å². The summed E-state index contributed by atoms with van der Waals surface area (Å²) in [5, 5.41) is 12.6. The number of nitrogens with zero attached hydrogens (tertiary/aromatic N) is 3. The molecule has 0 radical (unpaired) electrons. The van der Waals surface area contributed by atoms with Crippen molar-refractivity contribution in [3.8, 4) is 0 Å². The van der Waals surface area contributed by atoms with Crippen LogP contribution in [0.2, 0.25) is 0 Å². The summed E-state index contributed by atoms with van der Waals surface area (Å²) in [5.41, 5.74) is 8.77. The molecule has 0 amide bonds. The van der Waals surface area contributed by atoms with Gasteiger partial charge in [0.05, 0.1) is 5.56 Å². The van der Waals surface area contributed by atoms with E-state index in [-0.39, 0.29) is 11.3 Å². The lowest BCUT2D eigenvalue weighted by Gasteiger charge is -2.06. The highest BCUT2D eigenvalue weighted by atomic mass is 32.2.